The average Bonchev–Trinajstić information content (AvgIpc) is 3.68. The number of aromatic nitrogens is 8. The van der Waals surface area contributed by atoms with Crippen LogP contribution in [0.5, 0.6) is 0 Å². The highest BCUT2D eigenvalue weighted by Crippen LogP contribution is 2.39. The van der Waals surface area contributed by atoms with Gasteiger partial charge in [-0.2, -0.15) is 0 Å². The Morgan fingerprint density at radius 1 is 0.295 bits per heavy atom. The molecule has 8 heteroatoms. The van der Waals surface area contributed by atoms with Crippen LogP contribution in [0.4, 0.5) is 0 Å². The second-order valence-corrected chi connectivity index (χ2v) is 14.6. The van der Waals surface area contributed by atoms with Gasteiger partial charge in [0.05, 0.1) is 16.7 Å². The van der Waals surface area contributed by atoms with Gasteiger partial charge in [0.2, 0.25) is 0 Å². The van der Waals surface area contributed by atoms with Gasteiger partial charge in [-0.1, -0.05) is 158 Å². The Kier molecular flexibility index (Phi) is 8.98. The molecule has 11 rings (SSSR count). The Morgan fingerprint density at radius 2 is 0.705 bits per heavy atom. The second-order valence-electron chi connectivity index (χ2n) is 14.6. The van der Waals surface area contributed by atoms with Crippen LogP contribution in [0.2, 0.25) is 0 Å². The lowest BCUT2D eigenvalue weighted by Gasteiger charge is -2.16. The van der Waals surface area contributed by atoms with Crippen LogP contribution in [0, 0.1) is 0 Å². The molecular weight excluding hydrogens is 749 g/mol. The zero-order valence-electron chi connectivity index (χ0n) is 32.7. The molecule has 4 aromatic heterocycles. The topological polar surface area (TPSA) is 95.2 Å². The van der Waals surface area contributed by atoms with Crippen LogP contribution in [0.3, 0.4) is 0 Å². The molecular formula is C53H34N8. The van der Waals surface area contributed by atoms with Crippen LogP contribution >= 0.6 is 0 Å². The van der Waals surface area contributed by atoms with Crippen molar-refractivity contribution in [3.63, 3.8) is 0 Å². The van der Waals surface area contributed by atoms with Crippen molar-refractivity contribution in [2.45, 2.75) is 0 Å². The highest BCUT2D eigenvalue weighted by Gasteiger charge is 2.21. The molecule has 4 heterocycles. The largest absolute Gasteiger partial charge is 0.309 e. The molecule has 0 atom stereocenters. The van der Waals surface area contributed by atoms with Gasteiger partial charge in [0.1, 0.15) is 0 Å². The molecule has 11 aromatic rings. The van der Waals surface area contributed by atoms with Crippen molar-refractivity contribution in [1.29, 1.82) is 0 Å². The zero-order chi connectivity index (χ0) is 40.5. The lowest BCUT2D eigenvalue weighted by Crippen LogP contribution is -2.02. The molecule has 0 saturated carbocycles. The van der Waals surface area contributed by atoms with Crippen LogP contribution in [0.1, 0.15) is 0 Å². The van der Waals surface area contributed by atoms with E-state index in [1.165, 1.54) is 0 Å². The molecule has 0 fully saturated rings. The first-order valence-electron chi connectivity index (χ1n) is 20.1. The Hall–Kier alpha value is -8.49. The Balaban J connectivity index is 1.12. The summed E-state index contributed by atoms with van der Waals surface area (Å²) in [6.07, 6.45) is 3.71. The quantitative estimate of drug-likeness (QED) is 0.151. The normalized spacial score (nSPS) is 11.3. The number of para-hydroxylation sites is 1. The fourth-order valence-corrected chi connectivity index (χ4v) is 7.87. The van der Waals surface area contributed by atoms with Crippen LogP contribution in [0.15, 0.2) is 207 Å². The number of benzene rings is 7. The van der Waals surface area contributed by atoms with Crippen molar-refractivity contribution in [2.24, 2.45) is 0 Å². The number of rotatable bonds is 8. The minimum atomic E-state index is 0.577. The van der Waals surface area contributed by atoms with Gasteiger partial charge in [-0.15, -0.1) is 0 Å². The maximum Gasteiger partial charge on any atom is 0.164 e. The van der Waals surface area contributed by atoms with E-state index in [4.69, 9.17) is 29.9 Å². The first-order valence-corrected chi connectivity index (χ1v) is 20.1. The molecule has 0 aliphatic heterocycles. The summed E-state index contributed by atoms with van der Waals surface area (Å²) in [7, 11) is 0. The second kappa shape index (κ2) is 15.4. The maximum atomic E-state index is 5.09. The smallest absolute Gasteiger partial charge is 0.164 e. The van der Waals surface area contributed by atoms with Crippen LogP contribution in [-0.2, 0) is 0 Å². The number of nitrogens with zero attached hydrogens (tertiary/aromatic N) is 8. The molecule has 0 saturated heterocycles. The third-order valence-electron chi connectivity index (χ3n) is 10.8. The van der Waals surface area contributed by atoms with Crippen LogP contribution < -0.4 is 0 Å². The molecule has 0 N–H and O–H groups in total. The van der Waals surface area contributed by atoms with Crippen molar-refractivity contribution in [3.8, 4) is 85.1 Å². The molecule has 7 aromatic carbocycles. The number of hydrogen-bond donors (Lipinski definition) is 0. The van der Waals surface area contributed by atoms with Gasteiger partial charge in [-0.05, 0) is 36.4 Å². The summed E-state index contributed by atoms with van der Waals surface area (Å²) in [4.78, 5) is 34.7. The zero-order valence-corrected chi connectivity index (χ0v) is 32.7. The fraction of sp³-hybridized carbons (Fsp3) is 0. The first-order chi connectivity index (χ1) is 30.2. The summed E-state index contributed by atoms with van der Waals surface area (Å²) < 4.78 is 2.33. The van der Waals surface area contributed by atoms with Gasteiger partial charge >= 0.3 is 0 Å². The average molecular weight is 783 g/mol. The lowest BCUT2D eigenvalue weighted by atomic mass is 10.0. The Labute approximate surface area is 351 Å². The fourth-order valence-electron chi connectivity index (χ4n) is 7.87. The number of fused-ring (bicyclic) bond motifs is 3. The van der Waals surface area contributed by atoms with Gasteiger partial charge in [0.15, 0.2) is 34.9 Å². The Morgan fingerprint density at radius 3 is 1.20 bits per heavy atom. The molecule has 8 nitrogen and oxygen atoms in total. The molecule has 0 aliphatic rings. The predicted molar refractivity (Wildman–Crippen MR) is 243 cm³/mol. The third-order valence-corrected chi connectivity index (χ3v) is 10.8. The van der Waals surface area contributed by atoms with Crippen LogP contribution in [0.25, 0.3) is 107 Å². The van der Waals surface area contributed by atoms with E-state index in [0.29, 0.717) is 34.9 Å². The first kappa shape index (κ1) is 35.7. The molecule has 61 heavy (non-hydrogen) atoms. The van der Waals surface area contributed by atoms with E-state index in [2.05, 4.69) is 76.3 Å². The summed E-state index contributed by atoms with van der Waals surface area (Å²) in [5.41, 5.74) is 10.5. The van der Waals surface area contributed by atoms with E-state index in [-0.39, 0.29) is 0 Å². The number of pyridine rings is 1. The van der Waals surface area contributed by atoms with E-state index >= 15 is 0 Å². The third kappa shape index (κ3) is 6.78. The van der Waals surface area contributed by atoms with Crippen molar-refractivity contribution in [2.75, 3.05) is 0 Å². The van der Waals surface area contributed by atoms with Crippen molar-refractivity contribution in [1.82, 2.24) is 39.5 Å². The SMILES string of the molecule is c1ccc(-c2nc(-c3ccccc3)nc(-c3ccc(-c4cccnc4)c(-n4c5ccccc5c5cc(-c6nc(-c7ccccc7)nc(-c7ccccc7)n6)ccc54)c3)n2)cc1. The van der Waals surface area contributed by atoms with Crippen molar-refractivity contribution >= 4 is 21.8 Å². The van der Waals surface area contributed by atoms with Gasteiger partial charge in [0, 0.05) is 67.7 Å². The summed E-state index contributed by atoms with van der Waals surface area (Å²) in [6.45, 7) is 0. The van der Waals surface area contributed by atoms with Gasteiger partial charge in [-0.3, -0.25) is 4.98 Å². The van der Waals surface area contributed by atoms with Gasteiger partial charge in [0.25, 0.3) is 0 Å². The van der Waals surface area contributed by atoms with E-state index in [9.17, 15) is 0 Å². The van der Waals surface area contributed by atoms with E-state index in [1.54, 1.807) is 6.20 Å². The standard InChI is InChI=1S/C53H34N8/c1-5-16-35(17-6-1)48-55-49(36-18-7-2-8-19-36)58-52(57-48)39-28-30-46-44(32-39)43-25-13-14-26-45(43)61(46)47-33-40(27-29-42(47)41-24-15-31-54-34-41)53-59-50(37-20-9-3-10-21-37)56-51(60-53)38-22-11-4-12-23-38/h1-34H. The molecule has 0 spiro atoms. The highest BCUT2D eigenvalue weighted by molar-refractivity contribution is 6.11. The molecule has 286 valence electrons. The van der Waals surface area contributed by atoms with E-state index in [1.807, 2.05) is 134 Å². The predicted octanol–water partition coefficient (Wildman–Crippen LogP) is 12.2. The lowest BCUT2D eigenvalue weighted by molar-refractivity contribution is 1.07. The van der Waals surface area contributed by atoms with E-state index < -0.39 is 0 Å². The number of hydrogen-bond acceptors (Lipinski definition) is 7. The molecule has 0 amide bonds. The van der Waals surface area contributed by atoms with Crippen molar-refractivity contribution < 1.29 is 0 Å². The molecule has 0 unspecified atom stereocenters. The van der Waals surface area contributed by atoms with Crippen molar-refractivity contribution in [3.05, 3.63) is 207 Å². The molecule has 0 bridgehead atoms. The maximum absolute atomic E-state index is 5.09. The summed E-state index contributed by atoms with van der Waals surface area (Å²) >= 11 is 0. The van der Waals surface area contributed by atoms with Crippen LogP contribution in [-0.4, -0.2) is 39.5 Å². The van der Waals surface area contributed by atoms with E-state index in [0.717, 1.165) is 72.0 Å². The summed E-state index contributed by atoms with van der Waals surface area (Å²) in [6, 6.07) is 65.7. The summed E-state index contributed by atoms with van der Waals surface area (Å²) in [5.74, 6) is 3.63. The van der Waals surface area contributed by atoms with Gasteiger partial charge < -0.3 is 4.57 Å². The molecule has 0 radical (unpaired) electrons. The Bertz CT molecular complexity index is 3220. The summed E-state index contributed by atoms with van der Waals surface area (Å²) in [5, 5.41) is 2.16. The molecule has 0 aliphatic carbocycles. The minimum Gasteiger partial charge on any atom is -0.309 e. The minimum absolute atomic E-state index is 0.577. The van der Waals surface area contributed by atoms with Gasteiger partial charge in [-0.25, -0.2) is 29.9 Å². The highest BCUT2D eigenvalue weighted by atomic mass is 15.0. The monoisotopic (exact) mass is 782 g/mol.